The number of rotatable bonds is 3. The average Bonchev–Trinajstić information content (AvgIpc) is 2.53. The maximum atomic E-state index is 12.5. The first-order valence-electron chi connectivity index (χ1n) is 7.20. The Bertz CT molecular complexity index is 834. The number of fused-ring (bicyclic) bond motifs is 1. The van der Waals surface area contributed by atoms with Crippen LogP contribution in [0.15, 0.2) is 34.8 Å². The van der Waals surface area contributed by atoms with Crippen LogP contribution in [-0.2, 0) is 0 Å². The predicted molar refractivity (Wildman–Crippen MR) is 91.2 cm³/mol. The fourth-order valence-corrected chi connectivity index (χ4v) is 2.92. The Labute approximate surface area is 146 Å². The quantitative estimate of drug-likeness (QED) is 0.836. The van der Waals surface area contributed by atoms with E-state index in [1.165, 1.54) is 12.1 Å². The lowest BCUT2D eigenvalue weighted by Gasteiger charge is -2.20. The number of hydrogen-bond donors (Lipinski definition) is 2. The first-order valence-corrected chi connectivity index (χ1v) is 7.99. The van der Waals surface area contributed by atoms with Crippen LogP contribution in [0.1, 0.15) is 26.3 Å². The van der Waals surface area contributed by atoms with E-state index >= 15 is 0 Å². The number of halogens is 1. The number of benzene rings is 2. The topological polar surface area (TPSA) is 84.9 Å². The number of anilines is 1. The van der Waals surface area contributed by atoms with Crippen LogP contribution < -0.4 is 14.8 Å². The predicted octanol–water partition coefficient (Wildman–Crippen LogP) is 3.48. The van der Waals surface area contributed by atoms with Crippen molar-refractivity contribution in [1.82, 2.24) is 0 Å². The van der Waals surface area contributed by atoms with E-state index in [9.17, 15) is 14.7 Å². The monoisotopic (exact) mass is 391 g/mol. The molecule has 0 saturated heterocycles. The van der Waals surface area contributed by atoms with Crippen molar-refractivity contribution in [2.75, 3.05) is 18.5 Å². The Kier molecular flexibility index (Phi) is 4.44. The van der Waals surface area contributed by atoms with Gasteiger partial charge in [0.2, 0.25) is 0 Å². The second-order valence-electron chi connectivity index (χ2n) is 5.26. The molecule has 0 bridgehead atoms. The highest BCUT2D eigenvalue weighted by atomic mass is 79.9. The van der Waals surface area contributed by atoms with Gasteiger partial charge in [-0.1, -0.05) is 15.9 Å². The number of carboxylic acids is 1. The van der Waals surface area contributed by atoms with E-state index in [0.717, 1.165) is 10.0 Å². The van der Waals surface area contributed by atoms with E-state index < -0.39 is 5.97 Å². The summed E-state index contributed by atoms with van der Waals surface area (Å²) in [5.41, 5.74) is 1.35. The highest BCUT2D eigenvalue weighted by molar-refractivity contribution is 9.10. The number of carboxylic acid groups (broad SMARTS) is 1. The van der Waals surface area contributed by atoms with Gasteiger partial charge in [-0.15, -0.1) is 0 Å². The molecule has 3 rings (SSSR count). The lowest BCUT2D eigenvalue weighted by molar-refractivity contribution is 0.0697. The van der Waals surface area contributed by atoms with Gasteiger partial charge in [0.05, 0.1) is 11.3 Å². The molecule has 24 heavy (non-hydrogen) atoms. The van der Waals surface area contributed by atoms with Crippen LogP contribution >= 0.6 is 15.9 Å². The van der Waals surface area contributed by atoms with Crippen molar-refractivity contribution in [1.29, 1.82) is 0 Å². The van der Waals surface area contributed by atoms with E-state index in [1.807, 2.05) is 13.0 Å². The first-order chi connectivity index (χ1) is 11.5. The van der Waals surface area contributed by atoms with Gasteiger partial charge < -0.3 is 19.9 Å². The summed E-state index contributed by atoms with van der Waals surface area (Å²) in [7, 11) is 0. The van der Waals surface area contributed by atoms with Crippen molar-refractivity contribution in [3.63, 3.8) is 0 Å². The van der Waals surface area contributed by atoms with E-state index in [4.69, 9.17) is 9.47 Å². The van der Waals surface area contributed by atoms with Gasteiger partial charge in [0.1, 0.15) is 13.2 Å². The smallest absolute Gasteiger partial charge is 0.337 e. The van der Waals surface area contributed by atoms with Crippen LogP contribution in [0.25, 0.3) is 0 Å². The van der Waals surface area contributed by atoms with Crippen molar-refractivity contribution in [2.45, 2.75) is 6.92 Å². The molecule has 1 amide bonds. The number of aromatic carboxylic acids is 1. The summed E-state index contributed by atoms with van der Waals surface area (Å²) in [4.78, 5) is 24.0. The van der Waals surface area contributed by atoms with Crippen molar-refractivity contribution in [3.05, 3.63) is 51.5 Å². The molecule has 0 radical (unpaired) electrons. The zero-order valence-corrected chi connectivity index (χ0v) is 14.3. The minimum Gasteiger partial charge on any atom is -0.486 e. The van der Waals surface area contributed by atoms with Crippen molar-refractivity contribution in [2.24, 2.45) is 0 Å². The molecule has 0 spiro atoms. The zero-order valence-electron chi connectivity index (χ0n) is 12.8. The standard InChI is InChI=1S/C17H14BrNO5/c1-9-6-10(18)2-3-11(9)16(20)19-13-8-15-14(23-4-5-24-15)7-12(13)17(21)22/h2-3,6-8H,4-5H2,1H3,(H,19,20)(H,21,22). The molecule has 2 aromatic rings. The van der Waals surface area contributed by atoms with E-state index in [0.29, 0.717) is 30.3 Å². The van der Waals surface area contributed by atoms with Crippen LogP contribution in [0.3, 0.4) is 0 Å². The number of hydrogen-bond acceptors (Lipinski definition) is 4. The summed E-state index contributed by atoms with van der Waals surface area (Å²) in [5, 5.41) is 12.0. The number of aryl methyl sites for hydroxylation is 1. The molecule has 0 aromatic heterocycles. The van der Waals surface area contributed by atoms with Crippen LogP contribution in [0.2, 0.25) is 0 Å². The highest BCUT2D eigenvalue weighted by Gasteiger charge is 2.21. The van der Waals surface area contributed by atoms with Gasteiger partial charge in [-0.2, -0.15) is 0 Å². The Morgan fingerprint density at radius 1 is 1.08 bits per heavy atom. The molecule has 0 aliphatic carbocycles. The van der Waals surface area contributed by atoms with Gasteiger partial charge in [0.15, 0.2) is 11.5 Å². The molecule has 1 aliphatic rings. The molecule has 2 aromatic carbocycles. The molecule has 2 N–H and O–H groups in total. The van der Waals surface area contributed by atoms with Gasteiger partial charge in [0.25, 0.3) is 5.91 Å². The lowest BCUT2D eigenvalue weighted by atomic mass is 10.1. The summed E-state index contributed by atoms with van der Waals surface area (Å²) in [5.74, 6) is -0.778. The van der Waals surface area contributed by atoms with Crippen molar-refractivity contribution < 1.29 is 24.2 Å². The lowest BCUT2D eigenvalue weighted by Crippen LogP contribution is -2.19. The van der Waals surface area contributed by atoms with Gasteiger partial charge in [-0.25, -0.2) is 4.79 Å². The SMILES string of the molecule is Cc1cc(Br)ccc1C(=O)Nc1cc2c(cc1C(=O)O)OCCO2. The van der Waals surface area contributed by atoms with Crippen molar-refractivity contribution in [3.8, 4) is 11.5 Å². The molecule has 6 nitrogen and oxygen atoms in total. The average molecular weight is 392 g/mol. The number of carbonyl (C=O) groups excluding carboxylic acids is 1. The Hall–Kier alpha value is -2.54. The maximum Gasteiger partial charge on any atom is 0.337 e. The summed E-state index contributed by atoms with van der Waals surface area (Å²) in [6, 6.07) is 8.08. The summed E-state index contributed by atoms with van der Waals surface area (Å²) >= 11 is 3.34. The first kappa shape index (κ1) is 16.3. The van der Waals surface area contributed by atoms with E-state index in [-0.39, 0.29) is 17.2 Å². The van der Waals surface area contributed by atoms with Gasteiger partial charge in [-0.05, 0) is 30.7 Å². The summed E-state index contributed by atoms with van der Waals surface area (Å²) in [6.07, 6.45) is 0. The summed E-state index contributed by atoms with van der Waals surface area (Å²) in [6.45, 7) is 2.54. The normalized spacial score (nSPS) is 12.6. The van der Waals surface area contributed by atoms with Gasteiger partial charge in [0, 0.05) is 22.2 Å². The fraction of sp³-hybridized carbons (Fsp3) is 0.176. The van der Waals surface area contributed by atoms with Crippen LogP contribution in [-0.4, -0.2) is 30.2 Å². The van der Waals surface area contributed by atoms with Crippen LogP contribution in [0, 0.1) is 6.92 Å². The molecule has 1 aliphatic heterocycles. The van der Waals surface area contributed by atoms with E-state index in [2.05, 4.69) is 21.2 Å². The maximum absolute atomic E-state index is 12.5. The van der Waals surface area contributed by atoms with Gasteiger partial charge in [-0.3, -0.25) is 4.79 Å². The van der Waals surface area contributed by atoms with Crippen LogP contribution in [0.4, 0.5) is 5.69 Å². The number of nitrogens with one attached hydrogen (secondary N) is 1. The molecule has 1 heterocycles. The number of ether oxygens (including phenoxy) is 2. The molecule has 0 fully saturated rings. The molecule has 7 heteroatoms. The number of carbonyl (C=O) groups is 2. The molecular weight excluding hydrogens is 378 g/mol. The third-order valence-corrected chi connectivity index (χ3v) is 4.09. The Balaban J connectivity index is 1.96. The number of amides is 1. The fourth-order valence-electron chi connectivity index (χ4n) is 2.44. The van der Waals surface area contributed by atoms with Gasteiger partial charge >= 0.3 is 5.97 Å². The molecule has 0 unspecified atom stereocenters. The Morgan fingerprint density at radius 2 is 1.75 bits per heavy atom. The minimum absolute atomic E-state index is 0.0534. The largest absolute Gasteiger partial charge is 0.486 e. The Morgan fingerprint density at radius 3 is 2.38 bits per heavy atom. The van der Waals surface area contributed by atoms with Crippen molar-refractivity contribution >= 4 is 33.5 Å². The third-order valence-electron chi connectivity index (χ3n) is 3.59. The highest BCUT2D eigenvalue weighted by Crippen LogP contribution is 2.36. The molecular formula is C17H14BrNO5. The second kappa shape index (κ2) is 6.52. The molecule has 124 valence electrons. The minimum atomic E-state index is -1.16. The van der Waals surface area contributed by atoms with Crippen LogP contribution in [0.5, 0.6) is 11.5 Å². The summed E-state index contributed by atoms with van der Waals surface area (Å²) < 4.78 is 11.7. The molecule has 0 saturated carbocycles. The third kappa shape index (κ3) is 3.21. The molecule has 0 atom stereocenters. The second-order valence-corrected chi connectivity index (χ2v) is 6.18. The zero-order chi connectivity index (χ0) is 17.3. The van der Waals surface area contributed by atoms with E-state index in [1.54, 1.807) is 12.1 Å².